The van der Waals surface area contributed by atoms with E-state index in [1.165, 1.54) is 17.7 Å². The lowest BCUT2D eigenvalue weighted by atomic mass is 10.1. The van der Waals surface area contributed by atoms with Gasteiger partial charge in [-0.15, -0.1) is 11.3 Å². The van der Waals surface area contributed by atoms with Crippen LogP contribution in [0.3, 0.4) is 0 Å². The first-order valence-electron chi connectivity index (χ1n) is 9.86. The van der Waals surface area contributed by atoms with E-state index in [0.717, 1.165) is 28.6 Å². The maximum Gasteiger partial charge on any atom is 0.261 e. The van der Waals surface area contributed by atoms with E-state index in [9.17, 15) is 4.79 Å². The molecule has 1 amide bonds. The zero-order valence-electron chi connectivity index (χ0n) is 16.7. The molecule has 0 unspecified atom stereocenters. The van der Waals surface area contributed by atoms with Crippen LogP contribution >= 0.6 is 11.3 Å². The number of aryl methyl sites for hydroxylation is 1. The Labute approximate surface area is 178 Å². The van der Waals surface area contributed by atoms with Crippen LogP contribution in [0, 0.1) is 6.92 Å². The van der Waals surface area contributed by atoms with Crippen LogP contribution in [0.2, 0.25) is 0 Å². The van der Waals surface area contributed by atoms with Gasteiger partial charge in [-0.1, -0.05) is 0 Å². The van der Waals surface area contributed by atoms with Gasteiger partial charge in [0, 0.05) is 32.1 Å². The van der Waals surface area contributed by atoms with Crippen molar-refractivity contribution in [2.45, 2.75) is 25.9 Å². The highest BCUT2D eigenvalue weighted by atomic mass is 32.1. The van der Waals surface area contributed by atoms with Crippen LogP contribution in [-0.4, -0.2) is 53.3 Å². The fourth-order valence-electron chi connectivity index (χ4n) is 3.31. The zero-order valence-corrected chi connectivity index (χ0v) is 17.5. The van der Waals surface area contributed by atoms with Crippen molar-refractivity contribution in [1.29, 1.82) is 0 Å². The van der Waals surface area contributed by atoms with Gasteiger partial charge in [0.05, 0.1) is 23.5 Å². The minimum absolute atomic E-state index is 0.0698. The number of nitrogens with two attached hydrogens (primary N) is 1. The van der Waals surface area contributed by atoms with Crippen LogP contribution in [0.1, 0.15) is 28.1 Å². The Kier molecular flexibility index (Phi) is 6.36. The van der Waals surface area contributed by atoms with Crippen molar-refractivity contribution in [3.63, 3.8) is 0 Å². The van der Waals surface area contributed by atoms with E-state index in [4.69, 9.17) is 15.2 Å². The molecule has 4 heterocycles. The summed E-state index contributed by atoms with van der Waals surface area (Å²) in [6.07, 6.45) is 4.92. The van der Waals surface area contributed by atoms with E-state index < -0.39 is 0 Å². The molecule has 0 aromatic carbocycles. The van der Waals surface area contributed by atoms with Crippen LogP contribution < -0.4 is 21.1 Å². The van der Waals surface area contributed by atoms with E-state index in [1.54, 1.807) is 6.20 Å². The van der Waals surface area contributed by atoms with Crippen molar-refractivity contribution >= 4 is 39.0 Å². The molecular formula is C20H24N6O3S. The number of pyridine rings is 1. The summed E-state index contributed by atoms with van der Waals surface area (Å²) in [4.78, 5) is 27.0. The standard InChI is InChI=1S/C20H24N6O3S/c1-12-15-17(24-11-25-20(15)30-16(12)18(27)22-8-6-21)26-14-3-2-7-23-19(14)29-13-4-9-28-10-5-13/h2-3,7,11,13H,4-6,8-10,21H2,1H3,(H,22,27)(H,24,25,26). The Bertz CT molecular complexity index is 1030. The number of rotatable bonds is 7. The molecule has 30 heavy (non-hydrogen) atoms. The number of nitrogens with zero attached hydrogens (tertiary/aromatic N) is 3. The van der Waals surface area contributed by atoms with Crippen LogP contribution in [0.5, 0.6) is 5.88 Å². The van der Waals surface area contributed by atoms with Crippen molar-refractivity contribution < 1.29 is 14.3 Å². The van der Waals surface area contributed by atoms with Gasteiger partial charge in [0.25, 0.3) is 5.91 Å². The molecule has 0 atom stereocenters. The lowest BCUT2D eigenvalue weighted by molar-refractivity contribution is 0.0240. The number of nitrogens with one attached hydrogen (secondary N) is 2. The minimum Gasteiger partial charge on any atom is -0.473 e. The number of ether oxygens (including phenoxy) is 2. The van der Waals surface area contributed by atoms with Gasteiger partial charge in [-0.3, -0.25) is 4.79 Å². The molecule has 3 aromatic rings. The lowest BCUT2D eigenvalue weighted by Crippen LogP contribution is -2.28. The number of carbonyl (C=O) groups excluding carboxylic acids is 1. The zero-order chi connectivity index (χ0) is 20.9. The Hall–Kier alpha value is -2.82. The molecule has 9 nitrogen and oxygen atoms in total. The van der Waals surface area contributed by atoms with Gasteiger partial charge in [0.1, 0.15) is 28.8 Å². The first-order valence-corrected chi connectivity index (χ1v) is 10.7. The van der Waals surface area contributed by atoms with E-state index >= 15 is 0 Å². The Morgan fingerprint density at radius 3 is 2.97 bits per heavy atom. The second-order valence-corrected chi connectivity index (χ2v) is 7.91. The SMILES string of the molecule is Cc1c(C(=O)NCCN)sc2ncnc(Nc3cccnc3OC3CCOCC3)c12. The Morgan fingerprint density at radius 1 is 1.33 bits per heavy atom. The maximum absolute atomic E-state index is 12.5. The molecule has 1 aliphatic heterocycles. The van der Waals surface area contributed by atoms with Crippen molar-refractivity contribution in [3.05, 3.63) is 35.1 Å². The van der Waals surface area contributed by atoms with Gasteiger partial charge in [-0.2, -0.15) is 0 Å². The van der Waals surface area contributed by atoms with Gasteiger partial charge in [-0.25, -0.2) is 15.0 Å². The molecular weight excluding hydrogens is 404 g/mol. The molecule has 10 heteroatoms. The van der Waals surface area contributed by atoms with Gasteiger partial charge in [0.15, 0.2) is 0 Å². The molecule has 0 aliphatic carbocycles. The summed E-state index contributed by atoms with van der Waals surface area (Å²) >= 11 is 1.34. The van der Waals surface area contributed by atoms with Crippen LogP contribution in [0.4, 0.5) is 11.5 Å². The van der Waals surface area contributed by atoms with Crippen molar-refractivity contribution in [2.24, 2.45) is 5.73 Å². The number of thiophene rings is 1. The predicted molar refractivity (Wildman–Crippen MR) is 116 cm³/mol. The summed E-state index contributed by atoms with van der Waals surface area (Å²) in [6, 6.07) is 3.73. The Balaban J connectivity index is 1.63. The summed E-state index contributed by atoms with van der Waals surface area (Å²) in [6.45, 7) is 4.09. The Morgan fingerprint density at radius 2 is 2.17 bits per heavy atom. The first kappa shape index (κ1) is 20.5. The average molecular weight is 429 g/mol. The number of fused-ring (bicyclic) bond motifs is 1. The highest BCUT2D eigenvalue weighted by molar-refractivity contribution is 7.20. The number of amides is 1. The first-order chi connectivity index (χ1) is 14.7. The number of aromatic nitrogens is 3. The lowest BCUT2D eigenvalue weighted by Gasteiger charge is -2.23. The second-order valence-electron chi connectivity index (χ2n) is 6.91. The van der Waals surface area contributed by atoms with Crippen molar-refractivity contribution in [2.75, 3.05) is 31.6 Å². The third-order valence-corrected chi connectivity index (χ3v) is 6.03. The summed E-state index contributed by atoms with van der Waals surface area (Å²) < 4.78 is 11.5. The average Bonchev–Trinajstić information content (AvgIpc) is 3.12. The van der Waals surface area contributed by atoms with Crippen LogP contribution in [-0.2, 0) is 4.74 Å². The molecule has 158 valence electrons. The molecule has 1 saturated heterocycles. The largest absolute Gasteiger partial charge is 0.473 e. The fourth-order valence-corrected chi connectivity index (χ4v) is 4.37. The van der Waals surface area contributed by atoms with E-state index in [-0.39, 0.29) is 12.0 Å². The number of hydrogen-bond acceptors (Lipinski definition) is 9. The van der Waals surface area contributed by atoms with E-state index in [2.05, 4.69) is 25.6 Å². The van der Waals surface area contributed by atoms with Gasteiger partial charge in [0.2, 0.25) is 5.88 Å². The molecule has 1 fully saturated rings. The summed E-state index contributed by atoms with van der Waals surface area (Å²) in [5.41, 5.74) is 7.03. The predicted octanol–water partition coefficient (Wildman–Crippen LogP) is 2.38. The third kappa shape index (κ3) is 4.35. The molecule has 4 rings (SSSR count). The number of anilines is 2. The van der Waals surface area contributed by atoms with Crippen molar-refractivity contribution in [1.82, 2.24) is 20.3 Å². The van der Waals surface area contributed by atoms with Crippen molar-refractivity contribution in [3.8, 4) is 5.88 Å². The van der Waals surface area contributed by atoms with Gasteiger partial charge in [-0.05, 0) is 24.6 Å². The highest BCUT2D eigenvalue weighted by Gasteiger charge is 2.21. The molecule has 0 bridgehead atoms. The summed E-state index contributed by atoms with van der Waals surface area (Å²) in [7, 11) is 0. The number of carbonyl (C=O) groups is 1. The van der Waals surface area contributed by atoms with Crippen LogP contribution in [0.15, 0.2) is 24.7 Å². The highest BCUT2D eigenvalue weighted by Crippen LogP contribution is 2.36. The molecule has 1 aliphatic rings. The maximum atomic E-state index is 12.5. The fraction of sp³-hybridized carbons (Fsp3) is 0.400. The van der Waals surface area contributed by atoms with Gasteiger partial charge >= 0.3 is 0 Å². The smallest absolute Gasteiger partial charge is 0.261 e. The minimum atomic E-state index is -0.156. The monoisotopic (exact) mass is 428 g/mol. The third-order valence-electron chi connectivity index (χ3n) is 4.83. The molecule has 3 aromatic heterocycles. The molecule has 0 saturated carbocycles. The van der Waals surface area contributed by atoms with E-state index in [1.807, 2.05) is 19.1 Å². The molecule has 0 radical (unpaired) electrons. The summed E-state index contributed by atoms with van der Waals surface area (Å²) in [5, 5.41) is 6.95. The number of hydrogen-bond donors (Lipinski definition) is 3. The van der Waals surface area contributed by atoms with E-state index in [0.29, 0.717) is 48.6 Å². The summed E-state index contributed by atoms with van der Waals surface area (Å²) in [5.74, 6) is 0.971. The quantitative estimate of drug-likeness (QED) is 0.524. The topological polar surface area (TPSA) is 124 Å². The molecule has 0 spiro atoms. The molecule has 4 N–H and O–H groups in total. The second kappa shape index (κ2) is 9.33. The normalized spacial score (nSPS) is 14.6. The van der Waals surface area contributed by atoms with Gasteiger partial charge < -0.3 is 25.8 Å². The van der Waals surface area contributed by atoms with Crippen LogP contribution in [0.25, 0.3) is 10.2 Å².